The number of fused-ring (bicyclic) bond motifs is 2. The normalized spacial score (nSPS) is 22.3. The third-order valence-corrected chi connectivity index (χ3v) is 13.4. The Morgan fingerprint density at radius 2 is 1.77 bits per heavy atom. The number of hydrogen-bond donors (Lipinski definition) is 2. The lowest BCUT2D eigenvalue weighted by Crippen LogP contribution is -2.46. The van der Waals surface area contributed by atoms with Gasteiger partial charge in [0, 0.05) is 66.0 Å². The van der Waals surface area contributed by atoms with Crippen LogP contribution in [-0.2, 0) is 34.6 Å². The third-order valence-electron chi connectivity index (χ3n) is 10.9. The van der Waals surface area contributed by atoms with Gasteiger partial charge in [0.15, 0.2) is 13.9 Å². The van der Waals surface area contributed by atoms with Crippen LogP contribution in [0.15, 0.2) is 85.1 Å². The number of non-ortho nitro benzene ring substituents is 1. The van der Waals surface area contributed by atoms with Crippen molar-refractivity contribution < 1.29 is 29.2 Å². The van der Waals surface area contributed by atoms with Crippen LogP contribution in [0, 0.1) is 16.0 Å². The molecule has 1 spiro atoms. The lowest BCUT2D eigenvalue weighted by molar-refractivity contribution is -0.385. The quantitative estimate of drug-likeness (QED) is 0.106. The summed E-state index contributed by atoms with van der Waals surface area (Å²) in [4.78, 5) is 54.9. The molecule has 52 heavy (non-hydrogen) atoms. The van der Waals surface area contributed by atoms with Crippen LogP contribution in [0.25, 0.3) is 10.8 Å². The maximum atomic E-state index is 14.9. The van der Waals surface area contributed by atoms with Crippen molar-refractivity contribution >= 4 is 53.7 Å². The molecule has 3 aliphatic rings. The number of nitro groups is 1. The Morgan fingerprint density at radius 3 is 2.48 bits per heavy atom. The highest BCUT2D eigenvalue weighted by Gasteiger charge is 2.66. The van der Waals surface area contributed by atoms with Crippen LogP contribution in [-0.4, -0.2) is 62.7 Å². The van der Waals surface area contributed by atoms with Gasteiger partial charge < -0.3 is 19.5 Å². The minimum Gasteiger partial charge on any atom is -0.432 e. The minimum atomic E-state index is -2.98. The Labute approximate surface area is 300 Å². The summed E-state index contributed by atoms with van der Waals surface area (Å²) < 4.78 is 8.51. The van der Waals surface area contributed by atoms with Gasteiger partial charge in [-0.1, -0.05) is 48.5 Å². The summed E-state index contributed by atoms with van der Waals surface area (Å²) >= 11 is 0. The predicted octanol–water partition coefficient (Wildman–Crippen LogP) is 5.60. The van der Waals surface area contributed by atoms with E-state index in [0.29, 0.717) is 47.6 Å². The second kappa shape index (κ2) is 12.4. The topological polar surface area (TPSA) is 164 Å². The minimum absolute atomic E-state index is 0.0467. The average molecular weight is 719 g/mol. The van der Waals surface area contributed by atoms with Crippen molar-refractivity contribution in [3.8, 4) is 0 Å². The first-order valence-corrected chi connectivity index (χ1v) is 20.4. The van der Waals surface area contributed by atoms with Crippen LogP contribution >= 0.6 is 0 Å². The van der Waals surface area contributed by atoms with Gasteiger partial charge in [-0.3, -0.25) is 29.3 Å². The molecule has 0 saturated carbocycles. The van der Waals surface area contributed by atoms with Crippen molar-refractivity contribution in [1.29, 1.82) is 0 Å². The smallest absolute Gasteiger partial charge is 0.269 e. The molecule has 4 heterocycles. The average Bonchev–Trinajstić information content (AvgIpc) is 3.84. The number of rotatable bonds is 10. The van der Waals surface area contributed by atoms with Crippen molar-refractivity contribution in [3.05, 3.63) is 118 Å². The van der Waals surface area contributed by atoms with Crippen LogP contribution in [0.5, 0.6) is 0 Å². The summed E-state index contributed by atoms with van der Waals surface area (Å²) in [5.41, 5.74) is 2.46. The van der Waals surface area contributed by atoms with Gasteiger partial charge in [-0.05, 0) is 60.8 Å². The number of carbonyl (C=O) groups excluding carboxylic acids is 2. The number of nitrogens with zero attached hydrogens (tertiary/aromatic N) is 6. The van der Waals surface area contributed by atoms with E-state index in [1.807, 2.05) is 80.7 Å². The van der Waals surface area contributed by atoms with Gasteiger partial charge >= 0.3 is 0 Å². The lowest BCUT2D eigenvalue weighted by Gasteiger charge is -2.32. The molecular weight excluding hydrogens is 681 g/mol. The molecule has 1 saturated heterocycles. The molecule has 0 bridgehead atoms. The number of nitro benzene ring substituents is 1. The molecule has 266 valence electrons. The second-order valence-corrected chi connectivity index (χ2v) is 18.4. The van der Waals surface area contributed by atoms with Crippen LogP contribution < -0.4 is 9.80 Å². The Kier molecular flexibility index (Phi) is 8.10. The third kappa shape index (κ3) is 5.24. The molecule has 14 heteroatoms. The molecule has 2 amide bonds. The fourth-order valence-corrected chi connectivity index (χ4v) is 11.3. The molecule has 4 atom stereocenters. The molecule has 5 aromatic rings. The Bertz CT molecular complexity index is 2250. The molecular formula is C38H38N6O7Si. The van der Waals surface area contributed by atoms with Gasteiger partial charge in [0.1, 0.15) is 0 Å². The molecule has 4 aromatic carbocycles. The Morgan fingerprint density at radius 1 is 1.02 bits per heavy atom. The number of amides is 2. The van der Waals surface area contributed by atoms with E-state index in [4.69, 9.17) is 4.74 Å². The van der Waals surface area contributed by atoms with E-state index >= 15 is 0 Å². The Hall–Kier alpha value is -5.28. The number of carbonyl (C=O) groups is 2. The standard InChI is InChI=1S/C38H38N6O7Si/c1-23-35(52(2,3)50)33(16-18-41-22-26(17-19-45)39-40-41)51-38(23)30-20-28(44(48)49)14-15-31(30)42(37(38)47)21-24-10-12-27(13-11-24)43-32-9-5-7-25-6-4-8-29(34(25)32)36(43)46/h4-15,20,22-23,33,35,45,50H,16-19,21H2,1-3H3/t23-,33+,35-,38+/m0/s1. The van der Waals surface area contributed by atoms with Gasteiger partial charge in [0.25, 0.3) is 17.5 Å². The zero-order chi connectivity index (χ0) is 36.5. The van der Waals surface area contributed by atoms with Crippen molar-refractivity contribution in [2.45, 2.75) is 63.2 Å². The van der Waals surface area contributed by atoms with Crippen molar-refractivity contribution in [1.82, 2.24) is 15.0 Å². The highest BCUT2D eigenvalue weighted by atomic mass is 28.4. The van der Waals surface area contributed by atoms with Gasteiger partial charge in [0.2, 0.25) is 0 Å². The largest absolute Gasteiger partial charge is 0.432 e. The van der Waals surface area contributed by atoms with Crippen molar-refractivity contribution in [3.63, 3.8) is 0 Å². The number of aliphatic hydroxyl groups excluding tert-OH is 1. The number of aryl methyl sites for hydroxylation is 1. The molecule has 0 aliphatic carbocycles. The molecule has 13 nitrogen and oxygen atoms in total. The van der Waals surface area contributed by atoms with Crippen molar-refractivity contribution in [2.75, 3.05) is 16.4 Å². The molecule has 3 aliphatic heterocycles. The monoisotopic (exact) mass is 718 g/mol. The van der Waals surface area contributed by atoms with Gasteiger partial charge in [-0.2, -0.15) is 0 Å². The van der Waals surface area contributed by atoms with Crippen molar-refractivity contribution in [2.24, 2.45) is 5.92 Å². The van der Waals surface area contributed by atoms with Gasteiger partial charge in [0.05, 0.1) is 40.2 Å². The fraction of sp³-hybridized carbons (Fsp3) is 0.316. The van der Waals surface area contributed by atoms with Crippen LogP contribution in [0.1, 0.15) is 40.5 Å². The highest BCUT2D eigenvalue weighted by molar-refractivity contribution is 6.71. The number of benzene rings is 4. The number of ether oxygens (including phenoxy) is 1. The molecule has 2 N–H and O–H groups in total. The zero-order valence-corrected chi connectivity index (χ0v) is 30.0. The maximum absolute atomic E-state index is 14.9. The number of anilines is 3. The van der Waals surface area contributed by atoms with E-state index in [0.717, 1.165) is 22.0 Å². The van der Waals surface area contributed by atoms with E-state index in [1.54, 1.807) is 26.7 Å². The summed E-state index contributed by atoms with van der Waals surface area (Å²) in [5.74, 6) is -0.947. The van der Waals surface area contributed by atoms with Crippen LogP contribution in [0.2, 0.25) is 18.6 Å². The number of aliphatic hydroxyl groups is 1. The molecule has 1 aromatic heterocycles. The zero-order valence-electron chi connectivity index (χ0n) is 29.0. The van der Waals surface area contributed by atoms with E-state index in [2.05, 4.69) is 10.3 Å². The summed E-state index contributed by atoms with van der Waals surface area (Å²) in [6, 6.07) is 23.5. The lowest BCUT2D eigenvalue weighted by atomic mass is 9.82. The summed E-state index contributed by atoms with van der Waals surface area (Å²) in [6.45, 7) is 6.07. The van der Waals surface area contributed by atoms with E-state index in [-0.39, 0.29) is 36.2 Å². The molecule has 1 fully saturated rings. The molecule has 0 radical (unpaired) electrons. The van der Waals surface area contributed by atoms with Crippen LogP contribution in [0.3, 0.4) is 0 Å². The number of aromatic nitrogens is 3. The first-order valence-electron chi connectivity index (χ1n) is 17.4. The van der Waals surface area contributed by atoms with Gasteiger partial charge in [-0.15, -0.1) is 5.10 Å². The molecule has 8 rings (SSSR count). The SMILES string of the molecule is C[C@H]1[C@H]([Si](C)(C)O)[C@@H](CCn2cc(CCO)nn2)O[C@]12C(=O)N(Cc1ccc(N3C(=O)c4cccc5cccc3c45)cc1)c1ccc([N+](=O)[O-])cc12. The van der Waals surface area contributed by atoms with E-state index < -0.39 is 30.9 Å². The highest BCUT2D eigenvalue weighted by Crippen LogP contribution is 2.60. The summed E-state index contributed by atoms with van der Waals surface area (Å²) in [6.07, 6.45) is 2.01. The summed E-state index contributed by atoms with van der Waals surface area (Å²) in [7, 11) is -2.98. The Balaban J connectivity index is 1.11. The van der Waals surface area contributed by atoms with Gasteiger partial charge in [-0.25, -0.2) is 0 Å². The first kappa shape index (κ1) is 33.8. The first-order chi connectivity index (χ1) is 24.9. The maximum Gasteiger partial charge on any atom is 0.269 e. The summed E-state index contributed by atoms with van der Waals surface area (Å²) in [5, 5.41) is 31.5. The molecule has 0 unspecified atom stereocenters. The predicted molar refractivity (Wildman–Crippen MR) is 196 cm³/mol. The van der Waals surface area contributed by atoms with Crippen LogP contribution in [0.4, 0.5) is 22.7 Å². The van der Waals surface area contributed by atoms with E-state index in [1.165, 1.54) is 12.1 Å². The second-order valence-electron chi connectivity index (χ2n) is 14.4. The fourth-order valence-electron chi connectivity index (χ4n) is 8.65. The number of hydrogen-bond acceptors (Lipinski definition) is 9. The van der Waals surface area contributed by atoms with E-state index in [9.17, 15) is 29.6 Å².